The quantitative estimate of drug-likeness (QED) is 0.0341. The summed E-state index contributed by atoms with van der Waals surface area (Å²) in [5.41, 5.74) is -2.25. The molecule has 0 radical (unpaired) electrons. The van der Waals surface area contributed by atoms with Crippen molar-refractivity contribution in [3.05, 3.63) is 0 Å². The molecule has 0 aromatic rings. The summed E-state index contributed by atoms with van der Waals surface area (Å²) in [7, 11) is -1.32. The highest BCUT2D eigenvalue weighted by Crippen LogP contribution is 2.31. The predicted octanol–water partition coefficient (Wildman–Crippen LogP) is 9.29. The van der Waals surface area contributed by atoms with Crippen LogP contribution in [0.4, 0.5) is 0 Å². The van der Waals surface area contributed by atoms with Crippen LogP contribution in [-0.2, 0) is 23.9 Å². The van der Waals surface area contributed by atoms with Crippen LogP contribution in [0.3, 0.4) is 0 Å². The second-order valence-corrected chi connectivity index (χ2v) is 12.1. The maximum atomic E-state index is 11.7. The first kappa shape index (κ1) is 35.8. The van der Waals surface area contributed by atoms with Crippen LogP contribution < -0.4 is 0 Å². The van der Waals surface area contributed by atoms with Crippen molar-refractivity contribution in [3.63, 3.8) is 0 Å². The number of hydrogen-bond acceptors (Lipinski definition) is 6. The highest BCUT2D eigenvalue weighted by atomic mass is 32.2. The van der Waals surface area contributed by atoms with Crippen LogP contribution in [0.15, 0.2) is 0 Å². The molecule has 4 unspecified atom stereocenters. The van der Waals surface area contributed by atoms with Crippen molar-refractivity contribution in [1.82, 2.24) is 0 Å². The Kier molecular flexibility index (Phi) is 25.0. The first-order valence-corrected chi connectivity index (χ1v) is 16.7. The third-order valence-electron chi connectivity index (χ3n) is 6.44. The van der Waals surface area contributed by atoms with E-state index in [0.717, 1.165) is 18.6 Å². The Morgan fingerprint density at radius 2 is 1.31 bits per heavy atom. The van der Waals surface area contributed by atoms with Crippen LogP contribution in [0.2, 0.25) is 0 Å². The second kappa shape index (κ2) is 25.1. The van der Waals surface area contributed by atoms with Crippen molar-refractivity contribution >= 4 is 26.2 Å². The number of thioether (sulfide) groups is 1. The predicted molar refractivity (Wildman–Crippen MR) is 153 cm³/mol. The standard InChI is InChI=1S/C28H55O6PS/c1-5-8-10-12-13-14-15-16-17-19-21-24-36-26(22-20-18-11-9-6-2)25(4)33-34-28(35-31,27(29)30)32-23-7-3/h25-26H,5-24H2,1-4H3,(H,29,30)/p+1. The van der Waals surface area contributed by atoms with E-state index in [2.05, 4.69) is 13.8 Å². The van der Waals surface area contributed by atoms with E-state index < -0.39 is 20.0 Å². The molecule has 36 heavy (non-hydrogen) atoms. The number of carboxylic acids is 1. The van der Waals surface area contributed by atoms with Crippen molar-refractivity contribution in [2.45, 2.75) is 160 Å². The van der Waals surface area contributed by atoms with Crippen LogP contribution >= 0.6 is 20.2 Å². The summed E-state index contributed by atoms with van der Waals surface area (Å²) in [4.78, 5) is 22.4. The summed E-state index contributed by atoms with van der Waals surface area (Å²) in [6.45, 7) is 8.37. The van der Waals surface area contributed by atoms with E-state index in [1.807, 2.05) is 25.6 Å². The van der Waals surface area contributed by atoms with Gasteiger partial charge in [0.1, 0.15) is 6.10 Å². The molecule has 0 heterocycles. The molecule has 0 aromatic carbocycles. The molecular weight excluding hydrogens is 495 g/mol. The molecule has 0 bridgehead atoms. The van der Waals surface area contributed by atoms with Gasteiger partial charge in [0.2, 0.25) is 0 Å². The molecule has 0 aliphatic rings. The molecular formula is C28H56O6PS+. The van der Waals surface area contributed by atoms with Gasteiger partial charge in [0.25, 0.3) is 0 Å². The molecule has 0 fully saturated rings. The normalized spacial score (nSPS) is 15.1. The van der Waals surface area contributed by atoms with Gasteiger partial charge in [-0.05, 0) is 31.9 Å². The van der Waals surface area contributed by atoms with Crippen LogP contribution in [0.25, 0.3) is 0 Å². The number of carboxylic acid groups (broad SMARTS) is 1. The fourth-order valence-corrected chi connectivity index (χ4v) is 5.72. The molecule has 0 aromatic heterocycles. The van der Waals surface area contributed by atoms with Gasteiger partial charge in [-0.25, -0.2) is 9.68 Å². The SMILES string of the molecule is CCCCCCCCCCCCCSC(CCCCCCC)C(C)OOC(OCCC)([PH+]=O)C(=O)O. The number of ether oxygens (including phenoxy) is 1. The maximum absolute atomic E-state index is 11.7. The minimum absolute atomic E-state index is 0.133. The van der Waals surface area contributed by atoms with Crippen molar-refractivity contribution in [2.24, 2.45) is 0 Å². The molecule has 0 aliphatic heterocycles. The van der Waals surface area contributed by atoms with Gasteiger partial charge < -0.3 is 5.11 Å². The van der Waals surface area contributed by atoms with Gasteiger partial charge in [0.15, 0.2) is 0 Å². The van der Waals surface area contributed by atoms with Gasteiger partial charge in [0.05, 0.1) is 6.61 Å². The first-order valence-electron chi connectivity index (χ1n) is 14.7. The van der Waals surface area contributed by atoms with Crippen molar-refractivity contribution in [3.8, 4) is 0 Å². The minimum atomic E-state index is -2.25. The highest BCUT2D eigenvalue weighted by Gasteiger charge is 2.54. The zero-order valence-electron chi connectivity index (χ0n) is 23.7. The number of unbranched alkanes of at least 4 members (excludes halogenated alkanes) is 14. The van der Waals surface area contributed by atoms with E-state index in [9.17, 15) is 14.5 Å². The lowest BCUT2D eigenvalue weighted by molar-refractivity contribution is -0.402. The summed E-state index contributed by atoms with van der Waals surface area (Å²) < 4.78 is 16.9. The molecule has 1 N–H and O–H groups in total. The van der Waals surface area contributed by atoms with E-state index in [1.54, 1.807) is 0 Å². The minimum Gasteiger partial charge on any atom is -0.474 e. The smallest absolute Gasteiger partial charge is 0.474 e. The summed E-state index contributed by atoms with van der Waals surface area (Å²) in [5, 5.41) is 9.72. The summed E-state index contributed by atoms with van der Waals surface area (Å²) in [6, 6.07) is 0. The van der Waals surface area contributed by atoms with Gasteiger partial charge >= 0.3 is 20.0 Å². The lowest BCUT2D eigenvalue weighted by atomic mass is 10.1. The van der Waals surface area contributed by atoms with Gasteiger partial charge in [-0.3, -0.25) is 4.74 Å². The maximum Gasteiger partial charge on any atom is 0.497 e. The largest absolute Gasteiger partial charge is 0.497 e. The van der Waals surface area contributed by atoms with E-state index in [1.165, 1.54) is 96.3 Å². The third-order valence-corrected chi connectivity index (χ3v) is 8.72. The molecule has 0 amide bonds. The summed E-state index contributed by atoms with van der Waals surface area (Å²) in [5.74, 6) is -0.370. The van der Waals surface area contributed by atoms with E-state index in [4.69, 9.17) is 14.5 Å². The lowest BCUT2D eigenvalue weighted by Crippen LogP contribution is -2.41. The summed E-state index contributed by atoms with van der Waals surface area (Å²) in [6.07, 6.45) is 21.9. The Balaban J connectivity index is 4.46. The van der Waals surface area contributed by atoms with E-state index >= 15 is 0 Å². The zero-order chi connectivity index (χ0) is 26.9. The molecule has 6 nitrogen and oxygen atoms in total. The Hall–Kier alpha value is -0.200. The first-order chi connectivity index (χ1) is 17.5. The van der Waals surface area contributed by atoms with E-state index in [0.29, 0.717) is 6.42 Å². The average molecular weight is 552 g/mol. The molecule has 0 aliphatic carbocycles. The molecule has 0 saturated heterocycles. The third kappa shape index (κ3) is 18.1. The molecule has 0 saturated carbocycles. The monoisotopic (exact) mass is 551 g/mol. The van der Waals surface area contributed by atoms with Crippen molar-refractivity contribution in [1.29, 1.82) is 0 Å². The molecule has 4 atom stereocenters. The lowest BCUT2D eigenvalue weighted by Gasteiger charge is -2.25. The van der Waals surface area contributed by atoms with Gasteiger partial charge in [-0.1, -0.05) is 122 Å². The second-order valence-electron chi connectivity index (χ2n) is 9.90. The number of rotatable bonds is 28. The molecule has 0 spiro atoms. The van der Waals surface area contributed by atoms with Gasteiger partial charge in [-0.2, -0.15) is 11.8 Å². The van der Waals surface area contributed by atoms with Crippen LogP contribution in [-0.4, -0.2) is 40.3 Å². The molecule has 8 heteroatoms. The number of carbonyl (C=O) groups is 1. The van der Waals surface area contributed by atoms with Crippen LogP contribution in [0.5, 0.6) is 0 Å². The zero-order valence-corrected chi connectivity index (χ0v) is 25.5. The number of hydrogen-bond donors (Lipinski definition) is 1. The molecule has 214 valence electrons. The Bertz CT molecular complexity index is 524. The summed E-state index contributed by atoms with van der Waals surface area (Å²) >= 11 is 1.89. The number of aliphatic carboxylic acids is 1. The fourth-order valence-electron chi connectivity index (χ4n) is 4.07. The Morgan fingerprint density at radius 1 is 0.806 bits per heavy atom. The van der Waals surface area contributed by atoms with Crippen molar-refractivity contribution < 1.29 is 29.0 Å². The average Bonchev–Trinajstić information content (AvgIpc) is 2.88. The van der Waals surface area contributed by atoms with Gasteiger partial charge in [-0.15, -0.1) is 4.89 Å². The van der Waals surface area contributed by atoms with Crippen LogP contribution in [0.1, 0.15) is 143 Å². The Labute approximate surface area is 227 Å². The highest BCUT2D eigenvalue weighted by molar-refractivity contribution is 7.99. The van der Waals surface area contributed by atoms with E-state index in [-0.39, 0.29) is 18.0 Å². The Morgan fingerprint density at radius 3 is 1.78 bits per heavy atom. The van der Waals surface area contributed by atoms with Crippen molar-refractivity contribution in [2.75, 3.05) is 12.4 Å². The van der Waals surface area contributed by atoms with Crippen LogP contribution in [0, 0.1) is 0 Å². The molecule has 0 rings (SSSR count). The van der Waals surface area contributed by atoms with Gasteiger partial charge in [0, 0.05) is 5.25 Å². The fraction of sp³-hybridized carbons (Fsp3) is 0.964. The topological polar surface area (TPSA) is 82.1 Å².